The summed E-state index contributed by atoms with van der Waals surface area (Å²) in [6.07, 6.45) is 6.49. The molecule has 14 atom stereocenters. The number of fused-ring (bicyclic) bond motifs is 12. The van der Waals surface area contributed by atoms with Gasteiger partial charge in [-0.25, -0.2) is 0 Å². The van der Waals surface area contributed by atoms with Gasteiger partial charge in [-0.05, 0) is 72.0 Å². The molecule has 9 aliphatic rings. The number of allylic oxidation sites excluding steroid dienone is 2. The molecule has 9 rings (SSSR count). The number of carbonyl (C=O) groups is 4. The van der Waals surface area contributed by atoms with Gasteiger partial charge in [-0.3, -0.25) is 19.2 Å². The Hall–Kier alpha value is -1.98. The molecule has 0 amide bonds. The number of ether oxygens (including phenoxy) is 2. The summed E-state index contributed by atoms with van der Waals surface area (Å²) in [5.41, 5.74) is 0. The van der Waals surface area contributed by atoms with Crippen molar-refractivity contribution in [3.05, 3.63) is 12.2 Å². The minimum absolute atomic E-state index is 0.0991. The van der Waals surface area contributed by atoms with Crippen molar-refractivity contribution in [2.45, 2.75) is 12.8 Å². The normalized spacial score (nSPS) is 63.4. The molecule has 0 aromatic rings. The van der Waals surface area contributed by atoms with Crippen LogP contribution in [0.4, 0.5) is 0 Å². The van der Waals surface area contributed by atoms with Crippen LogP contribution in [0.1, 0.15) is 12.8 Å². The van der Waals surface area contributed by atoms with Crippen LogP contribution in [0.3, 0.4) is 0 Å². The summed E-state index contributed by atoms with van der Waals surface area (Å²) in [5.74, 6) is 1.26. The maximum Gasteiger partial charge on any atom is 0.318 e. The van der Waals surface area contributed by atoms with E-state index >= 15 is 0 Å². The lowest BCUT2D eigenvalue weighted by atomic mass is 9.46. The van der Waals surface area contributed by atoms with Crippen LogP contribution in [-0.4, -0.2) is 23.9 Å². The first kappa shape index (κ1) is 14.9. The highest BCUT2D eigenvalue weighted by molar-refractivity contribution is 5.98. The lowest BCUT2D eigenvalue weighted by molar-refractivity contribution is -0.156. The second-order valence-corrected chi connectivity index (χ2v) is 10.6. The van der Waals surface area contributed by atoms with Crippen LogP contribution >= 0.6 is 0 Å². The van der Waals surface area contributed by atoms with E-state index in [-0.39, 0.29) is 71.2 Å². The van der Waals surface area contributed by atoms with Crippen LogP contribution in [0.25, 0.3) is 0 Å². The van der Waals surface area contributed by atoms with E-state index in [0.717, 1.165) is 12.8 Å². The van der Waals surface area contributed by atoms with Gasteiger partial charge in [0.25, 0.3) is 0 Å². The Morgan fingerprint density at radius 2 is 0.929 bits per heavy atom. The molecular formula is C22H20O6. The molecule has 7 aliphatic carbocycles. The highest BCUT2D eigenvalue weighted by atomic mass is 16.6. The number of esters is 4. The van der Waals surface area contributed by atoms with Gasteiger partial charge in [0, 0.05) is 0 Å². The fourth-order valence-corrected chi connectivity index (χ4v) is 10.3. The summed E-state index contributed by atoms with van der Waals surface area (Å²) >= 11 is 0. The molecule has 6 nitrogen and oxygen atoms in total. The first-order chi connectivity index (χ1) is 13.6. The molecular weight excluding hydrogens is 360 g/mol. The van der Waals surface area contributed by atoms with E-state index in [1.54, 1.807) is 0 Å². The van der Waals surface area contributed by atoms with Crippen molar-refractivity contribution in [1.82, 2.24) is 0 Å². The first-order valence-corrected chi connectivity index (χ1v) is 10.8. The molecule has 2 saturated heterocycles. The molecule has 2 heterocycles. The maximum atomic E-state index is 12.4. The molecule has 2 aliphatic heterocycles. The van der Waals surface area contributed by atoms with Crippen molar-refractivity contribution in [2.75, 3.05) is 0 Å². The van der Waals surface area contributed by atoms with E-state index in [0.29, 0.717) is 35.5 Å². The molecule has 14 unspecified atom stereocenters. The Balaban J connectivity index is 1.24. The van der Waals surface area contributed by atoms with Crippen molar-refractivity contribution in [3.8, 4) is 0 Å². The summed E-state index contributed by atoms with van der Waals surface area (Å²) in [4.78, 5) is 49.5. The molecule has 7 fully saturated rings. The van der Waals surface area contributed by atoms with Gasteiger partial charge < -0.3 is 9.47 Å². The number of carbonyl (C=O) groups excluding carboxylic acids is 4. The van der Waals surface area contributed by atoms with Crippen LogP contribution in [0, 0.1) is 82.9 Å². The number of cyclic esters (lactones) is 4. The lowest BCUT2D eigenvalue weighted by Gasteiger charge is -2.55. The van der Waals surface area contributed by atoms with Gasteiger partial charge in [0.2, 0.25) is 0 Å². The molecule has 6 heteroatoms. The highest BCUT2D eigenvalue weighted by Gasteiger charge is 2.77. The Morgan fingerprint density at radius 3 is 1.39 bits per heavy atom. The fourth-order valence-electron chi connectivity index (χ4n) is 10.3. The van der Waals surface area contributed by atoms with E-state index in [4.69, 9.17) is 9.47 Å². The van der Waals surface area contributed by atoms with Crippen LogP contribution in [-0.2, 0) is 28.7 Å². The zero-order chi connectivity index (χ0) is 18.6. The molecule has 5 saturated carbocycles. The van der Waals surface area contributed by atoms with Crippen LogP contribution < -0.4 is 0 Å². The van der Waals surface area contributed by atoms with Crippen molar-refractivity contribution in [2.24, 2.45) is 82.9 Å². The van der Waals surface area contributed by atoms with Gasteiger partial charge >= 0.3 is 23.9 Å². The molecule has 28 heavy (non-hydrogen) atoms. The van der Waals surface area contributed by atoms with Crippen molar-refractivity contribution < 1.29 is 28.7 Å². The second-order valence-electron chi connectivity index (χ2n) is 10.6. The SMILES string of the molecule is O=C1OC(=O)C2C3C=CC(C12)C1C2CC(C31)C1C3CC(C4C(=O)OC(=O)C34)C21. The van der Waals surface area contributed by atoms with E-state index in [2.05, 4.69) is 12.2 Å². The fraction of sp³-hybridized carbons (Fsp3) is 0.727. The first-order valence-electron chi connectivity index (χ1n) is 10.8. The highest BCUT2D eigenvalue weighted by Crippen LogP contribution is 2.78. The minimum atomic E-state index is -0.329. The number of rotatable bonds is 0. The Kier molecular flexibility index (Phi) is 2.29. The van der Waals surface area contributed by atoms with Gasteiger partial charge in [0.1, 0.15) is 0 Å². The quantitative estimate of drug-likeness (QED) is 0.272. The van der Waals surface area contributed by atoms with Gasteiger partial charge in [-0.15, -0.1) is 0 Å². The Morgan fingerprint density at radius 1 is 0.536 bits per heavy atom. The predicted molar refractivity (Wildman–Crippen MR) is 89.4 cm³/mol. The van der Waals surface area contributed by atoms with Gasteiger partial charge in [-0.1, -0.05) is 12.2 Å². The molecule has 0 N–H and O–H groups in total. The van der Waals surface area contributed by atoms with E-state index in [9.17, 15) is 19.2 Å². The van der Waals surface area contributed by atoms with Gasteiger partial charge in [0.15, 0.2) is 0 Å². The third-order valence-corrected chi connectivity index (χ3v) is 10.4. The minimum Gasteiger partial charge on any atom is -0.393 e. The standard InChI is InChI=1S/C22H20O6/c23-19-15-5-1-2-6(16(15)20(24)27-19)12-8-3-7(11(5)12)13-9-4-10(14(8)13)18-17(9)21(25)28-22(18)26/h1-2,5-18H,3-4H2. The number of hydrogen-bond acceptors (Lipinski definition) is 6. The zero-order valence-electron chi connectivity index (χ0n) is 15.1. The van der Waals surface area contributed by atoms with E-state index < -0.39 is 0 Å². The van der Waals surface area contributed by atoms with Crippen molar-refractivity contribution >= 4 is 23.9 Å². The van der Waals surface area contributed by atoms with Gasteiger partial charge in [0.05, 0.1) is 23.7 Å². The monoisotopic (exact) mass is 380 g/mol. The average molecular weight is 380 g/mol. The summed E-state index contributed by atoms with van der Waals surface area (Å²) < 4.78 is 10.1. The van der Waals surface area contributed by atoms with Crippen LogP contribution in [0.5, 0.6) is 0 Å². The molecule has 0 radical (unpaired) electrons. The second kappa shape index (κ2) is 4.29. The molecule has 0 aromatic heterocycles. The smallest absolute Gasteiger partial charge is 0.318 e. The topological polar surface area (TPSA) is 86.7 Å². The van der Waals surface area contributed by atoms with E-state index in [1.165, 1.54) is 0 Å². The summed E-state index contributed by atoms with van der Waals surface area (Å²) in [6, 6.07) is 0. The van der Waals surface area contributed by atoms with E-state index in [1.807, 2.05) is 0 Å². The van der Waals surface area contributed by atoms with Crippen molar-refractivity contribution in [1.29, 1.82) is 0 Å². The number of hydrogen-bond donors (Lipinski definition) is 0. The average Bonchev–Trinajstić information content (AvgIpc) is 3.47. The Bertz CT molecular complexity index is 865. The summed E-state index contributed by atoms with van der Waals surface area (Å²) in [6.45, 7) is 0. The molecule has 0 spiro atoms. The summed E-state index contributed by atoms with van der Waals surface area (Å²) in [5, 5.41) is 0. The van der Waals surface area contributed by atoms with Crippen LogP contribution in [0.15, 0.2) is 12.2 Å². The predicted octanol–water partition coefficient (Wildman–Crippen LogP) is 1.20. The summed E-state index contributed by atoms with van der Waals surface area (Å²) in [7, 11) is 0. The zero-order valence-corrected chi connectivity index (χ0v) is 15.1. The molecule has 0 aromatic carbocycles. The van der Waals surface area contributed by atoms with Crippen LogP contribution in [0.2, 0.25) is 0 Å². The lowest BCUT2D eigenvalue weighted by Crippen LogP contribution is -2.56. The maximum absolute atomic E-state index is 12.4. The third-order valence-electron chi connectivity index (χ3n) is 10.4. The third kappa shape index (κ3) is 1.30. The molecule has 6 bridgehead atoms. The molecule has 144 valence electrons. The van der Waals surface area contributed by atoms with Crippen molar-refractivity contribution in [3.63, 3.8) is 0 Å². The largest absolute Gasteiger partial charge is 0.393 e. The van der Waals surface area contributed by atoms with Gasteiger partial charge in [-0.2, -0.15) is 0 Å². The Labute approximate surface area is 161 Å².